The summed E-state index contributed by atoms with van der Waals surface area (Å²) in [5.41, 5.74) is 9.88. The van der Waals surface area contributed by atoms with Gasteiger partial charge in [0.2, 0.25) is 5.91 Å². The van der Waals surface area contributed by atoms with Gasteiger partial charge in [-0.2, -0.15) is 13.2 Å². The number of hydrogen-bond donors (Lipinski definition) is 1. The van der Waals surface area contributed by atoms with Crippen LogP contribution in [0.25, 0.3) is 11.1 Å². The Kier molecular flexibility index (Phi) is 6.47. The molecule has 3 heterocycles. The van der Waals surface area contributed by atoms with Crippen molar-refractivity contribution in [3.8, 4) is 28.4 Å². The Morgan fingerprint density at radius 3 is 2.40 bits per heavy atom. The highest BCUT2D eigenvalue weighted by atomic mass is 19.4. The van der Waals surface area contributed by atoms with Crippen LogP contribution in [-0.2, 0) is 16.0 Å². The van der Waals surface area contributed by atoms with Crippen molar-refractivity contribution in [1.29, 1.82) is 0 Å². The van der Waals surface area contributed by atoms with Gasteiger partial charge in [-0.1, -0.05) is 48.5 Å². The molecule has 208 valence electrons. The van der Waals surface area contributed by atoms with E-state index in [-0.39, 0.29) is 18.3 Å². The number of alkyl halides is 3. The highest BCUT2D eigenvalue weighted by molar-refractivity contribution is 5.83. The molecule has 3 atom stereocenters. The number of halogens is 3. The summed E-state index contributed by atoms with van der Waals surface area (Å²) in [5, 5.41) is 0. The van der Waals surface area contributed by atoms with Gasteiger partial charge in [0.1, 0.15) is 5.75 Å². The van der Waals surface area contributed by atoms with E-state index in [4.69, 9.17) is 15.2 Å². The Morgan fingerprint density at radius 1 is 1.00 bits per heavy atom. The van der Waals surface area contributed by atoms with E-state index in [2.05, 4.69) is 0 Å². The van der Waals surface area contributed by atoms with Crippen LogP contribution in [0.1, 0.15) is 48.3 Å². The van der Waals surface area contributed by atoms with Crippen LogP contribution in [0.5, 0.6) is 17.2 Å². The Morgan fingerprint density at radius 2 is 1.73 bits per heavy atom. The molecule has 2 fully saturated rings. The number of primary amides is 1. The number of ether oxygens (including phenoxy) is 2. The highest BCUT2D eigenvalue weighted by Crippen LogP contribution is 2.56. The summed E-state index contributed by atoms with van der Waals surface area (Å²) in [6.07, 6.45) is -2.69. The number of piperidine rings is 1. The first-order valence-corrected chi connectivity index (χ1v) is 13.4. The summed E-state index contributed by atoms with van der Waals surface area (Å²) in [5.74, 6) is -0.495. The SMILES string of the molecule is COc1cccc2c1Oc1cc(-c3ccccc3CC(N)=O)ccc1C2C1CC2CCC(C1)N2C(=O)C(F)(F)F. The zero-order valence-corrected chi connectivity index (χ0v) is 21.9. The van der Waals surface area contributed by atoms with Gasteiger partial charge in [0.25, 0.3) is 0 Å². The zero-order chi connectivity index (χ0) is 28.2. The normalized spacial score (nSPS) is 23.1. The van der Waals surface area contributed by atoms with Crippen molar-refractivity contribution in [3.63, 3.8) is 0 Å². The van der Waals surface area contributed by atoms with Gasteiger partial charge in [0.15, 0.2) is 11.5 Å². The van der Waals surface area contributed by atoms with Crippen molar-refractivity contribution in [2.24, 2.45) is 11.7 Å². The topological polar surface area (TPSA) is 81.9 Å². The minimum Gasteiger partial charge on any atom is -0.493 e. The predicted molar refractivity (Wildman–Crippen MR) is 142 cm³/mol. The van der Waals surface area contributed by atoms with Gasteiger partial charge in [-0.05, 0) is 60.4 Å². The van der Waals surface area contributed by atoms with Gasteiger partial charge in [-0.25, -0.2) is 0 Å². The molecule has 2 bridgehead atoms. The maximum absolute atomic E-state index is 13.4. The lowest BCUT2D eigenvalue weighted by Crippen LogP contribution is -2.52. The number of nitrogens with zero attached hydrogens (tertiary/aromatic N) is 1. The third-order valence-corrected chi connectivity index (χ3v) is 8.54. The molecule has 3 aromatic carbocycles. The van der Waals surface area contributed by atoms with Crippen LogP contribution in [0.15, 0.2) is 60.7 Å². The number of carbonyl (C=O) groups excluding carboxylic acids is 2. The van der Waals surface area contributed by atoms with Gasteiger partial charge in [-0.15, -0.1) is 0 Å². The number of nitrogens with two attached hydrogens (primary N) is 1. The number of benzene rings is 3. The van der Waals surface area contributed by atoms with E-state index in [0.717, 1.165) is 32.7 Å². The van der Waals surface area contributed by atoms with Crippen molar-refractivity contribution in [2.45, 2.75) is 56.3 Å². The molecule has 6 rings (SSSR count). The maximum Gasteiger partial charge on any atom is 0.471 e. The largest absolute Gasteiger partial charge is 0.493 e. The zero-order valence-electron chi connectivity index (χ0n) is 21.9. The molecule has 3 aromatic rings. The minimum absolute atomic E-state index is 0.0105. The summed E-state index contributed by atoms with van der Waals surface area (Å²) < 4.78 is 52.2. The molecule has 6 nitrogen and oxygen atoms in total. The lowest BCUT2D eigenvalue weighted by Gasteiger charge is -2.43. The lowest BCUT2D eigenvalue weighted by atomic mass is 9.72. The van der Waals surface area contributed by atoms with E-state index >= 15 is 0 Å². The second-order valence-electron chi connectivity index (χ2n) is 10.8. The van der Waals surface area contributed by atoms with Gasteiger partial charge in [0.05, 0.1) is 13.5 Å². The highest BCUT2D eigenvalue weighted by Gasteiger charge is 2.53. The third kappa shape index (κ3) is 4.47. The predicted octanol–water partition coefficient (Wildman–Crippen LogP) is 5.96. The van der Waals surface area contributed by atoms with Crippen LogP contribution in [0.3, 0.4) is 0 Å². The van der Waals surface area contributed by atoms with Crippen LogP contribution in [-0.4, -0.2) is 42.1 Å². The molecule has 0 aliphatic carbocycles. The van der Waals surface area contributed by atoms with E-state index in [9.17, 15) is 22.8 Å². The van der Waals surface area contributed by atoms with E-state index in [1.807, 2.05) is 60.7 Å². The van der Waals surface area contributed by atoms with Gasteiger partial charge < -0.3 is 20.1 Å². The number of fused-ring (bicyclic) bond motifs is 4. The van der Waals surface area contributed by atoms with Crippen molar-refractivity contribution < 1.29 is 32.2 Å². The van der Waals surface area contributed by atoms with Gasteiger partial charge >= 0.3 is 12.1 Å². The van der Waals surface area contributed by atoms with Crippen LogP contribution >= 0.6 is 0 Å². The summed E-state index contributed by atoms with van der Waals surface area (Å²) >= 11 is 0. The van der Waals surface area contributed by atoms with E-state index in [1.54, 1.807) is 7.11 Å². The molecule has 40 heavy (non-hydrogen) atoms. The van der Waals surface area contributed by atoms with Crippen LogP contribution in [0, 0.1) is 5.92 Å². The van der Waals surface area contributed by atoms with Crippen molar-refractivity contribution >= 4 is 11.8 Å². The number of para-hydroxylation sites is 1. The number of carbonyl (C=O) groups is 2. The first-order valence-electron chi connectivity index (χ1n) is 13.4. The van der Waals surface area contributed by atoms with Crippen molar-refractivity contribution in [2.75, 3.05) is 7.11 Å². The Hall–Kier alpha value is -4.01. The molecule has 0 spiro atoms. The maximum atomic E-state index is 13.4. The van der Waals surface area contributed by atoms with Crippen molar-refractivity contribution in [3.05, 3.63) is 77.4 Å². The van der Waals surface area contributed by atoms with Crippen LogP contribution in [0.4, 0.5) is 13.2 Å². The van der Waals surface area contributed by atoms with Crippen molar-refractivity contribution in [1.82, 2.24) is 4.90 Å². The Bertz CT molecular complexity index is 1470. The fourth-order valence-electron chi connectivity index (χ4n) is 6.99. The molecular weight excluding hydrogens is 521 g/mol. The quantitative estimate of drug-likeness (QED) is 0.425. The van der Waals surface area contributed by atoms with E-state index in [1.165, 1.54) is 0 Å². The molecule has 3 aliphatic heterocycles. The molecule has 9 heteroatoms. The standard InChI is InChI=1S/C31H29F3N2O4/c1-39-25-8-4-7-24-28(19-13-20-10-11-21(14-19)36(20)30(38)31(32,33)34)23-12-9-18(15-26(23)40-29(24)25)22-6-3-2-5-17(22)16-27(35)37/h2-9,12,15,19-21,28H,10-11,13-14,16H2,1H3,(H2,35,37). The second-order valence-corrected chi connectivity index (χ2v) is 10.8. The Labute approximate surface area is 229 Å². The fraction of sp³-hybridized carbons (Fsp3) is 0.355. The third-order valence-electron chi connectivity index (χ3n) is 8.54. The molecule has 2 saturated heterocycles. The monoisotopic (exact) mass is 550 g/mol. The van der Waals surface area contributed by atoms with Crippen LogP contribution < -0.4 is 15.2 Å². The molecule has 0 aromatic heterocycles. The number of methoxy groups -OCH3 is 1. The molecule has 0 radical (unpaired) electrons. The van der Waals surface area contributed by atoms with Gasteiger partial charge in [-0.3, -0.25) is 9.59 Å². The molecule has 3 aliphatic rings. The summed E-state index contributed by atoms with van der Waals surface area (Å²) in [6.45, 7) is 0. The molecule has 0 saturated carbocycles. The van der Waals surface area contributed by atoms with E-state index in [0.29, 0.717) is 42.9 Å². The smallest absolute Gasteiger partial charge is 0.471 e. The Balaban J connectivity index is 1.41. The first-order chi connectivity index (χ1) is 19.2. The van der Waals surface area contributed by atoms with Gasteiger partial charge in [0, 0.05) is 29.1 Å². The molecule has 3 unspecified atom stereocenters. The molecular formula is C31H29F3N2O4. The first kappa shape index (κ1) is 26.2. The fourth-order valence-corrected chi connectivity index (χ4v) is 6.99. The second kappa shape index (κ2) is 9.87. The average Bonchev–Trinajstić information content (AvgIpc) is 3.18. The number of hydrogen-bond acceptors (Lipinski definition) is 4. The number of amides is 2. The molecule has 2 N–H and O–H groups in total. The lowest BCUT2D eigenvalue weighted by molar-refractivity contribution is -0.190. The summed E-state index contributed by atoms with van der Waals surface area (Å²) in [7, 11) is 1.57. The molecule has 2 amide bonds. The average molecular weight is 551 g/mol. The number of rotatable bonds is 5. The van der Waals surface area contributed by atoms with E-state index < -0.39 is 30.1 Å². The van der Waals surface area contributed by atoms with Crippen LogP contribution in [0.2, 0.25) is 0 Å². The minimum atomic E-state index is -4.87. The summed E-state index contributed by atoms with van der Waals surface area (Å²) in [4.78, 5) is 25.0. The summed E-state index contributed by atoms with van der Waals surface area (Å²) in [6, 6.07) is 18.3.